The van der Waals surface area contributed by atoms with E-state index in [4.69, 9.17) is 23.2 Å². The molecule has 2 amide bonds. The molecule has 0 aromatic heterocycles. The van der Waals surface area contributed by atoms with Crippen LogP contribution < -0.4 is 5.32 Å². The smallest absolute Gasteiger partial charge is 0.254 e. The van der Waals surface area contributed by atoms with Gasteiger partial charge in [-0.2, -0.15) is 0 Å². The first-order chi connectivity index (χ1) is 13.2. The predicted molar refractivity (Wildman–Crippen MR) is 111 cm³/mol. The Bertz CT molecular complexity index is 956. The van der Waals surface area contributed by atoms with Crippen LogP contribution in [0.4, 0.5) is 5.69 Å². The summed E-state index contributed by atoms with van der Waals surface area (Å²) in [5.74, 6) is -0.856. The van der Waals surface area contributed by atoms with Gasteiger partial charge in [-0.25, -0.2) is 8.42 Å². The summed E-state index contributed by atoms with van der Waals surface area (Å²) in [6, 6.07) is 10.5. The fraction of sp³-hybridized carbons (Fsp3) is 0.263. The Morgan fingerprint density at radius 3 is 2.07 bits per heavy atom. The van der Waals surface area contributed by atoms with Gasteiger partial charge in [-0.3, -0.25) is 9.59 Å². The highest BCUT2D eigenvalue weighted by Crippen LogP contribution is 2.29. The molecule has 0 fully saturated rings. The van der Waals surface area contributed by atoms with Crippen LogP contribution in [0.1, 0.15) is 24.2 Å². The molecule has 0 radical (unpaired) electrons. The Morgan fingerprint density at radius 2 is 1.57 bits per heavy atom. The van der Waals surface area contributed by atoms with Crippen LogP contribution in [-0.2, 0) is 14.6 Å². The molecule has 28 heavy (non-hydrogen) atoms. The van der Waals surface area contributed by atoms with E-state index in [1.165, 1.54) is 29.2 Å². The van der Waals surface area contributed by atoms with Crippen molar-refractivity contribution >= 4 is 50.5 Å². The van der Waals surface area contributed by atoms with Gasteiger partial charge >= 0.3 is 0 Å². The van der Waals surface area contributed by atoms with Crippen LogP contribution in [0.15, 0.2) is 47.4 Å². The molecule has 2 rings (SSSR count). The summed E-state index contributed by atoms with van der Waals surface area (Å²) in [5, 5.41) is 3.20. The third-order valence-electron chi connectivity index (χ3n) is 4.07. The average Bonchev–Trinajstić information content (AvgIpc) is 2.68. The van der Waals surface area contributed by atoms with Crippen molar-refractivity contribution < 1.29 is 18.0 Å². The van der Waals surface area contributed by atoms with Gasteiger partial charge in [0.25, 0.3) is 5.91 Å². The van der Waals surface area contributed by atoms with Gasteiger partial charge in [0.1, 0.15) is 6.54 Å². The Balaban J connectivity index is 2.12. The lowest BCUT2D eigenvalue weighted by molar-refractivity contribution is -0.116. The molecule has 2 aromatic rings. The van der Waals surface area contributed by atoms with Crippen molar-refractivity contribution in [3.63, 3.8) is 0 Å². The van der Waals surface area contributed by atoms with E-state index in [2.05, 4.69) is 5.32 Å². The van der Waals surface area contributed by atoms with Crippen molar-refractivity contribution in [3.05, 3.63) is 58.1 Å². The lowest BCUT2D eigenvalue weighted by Gasteiger charge is -2.21. The Kier molecular flexibility index (Phi) is 7.46. The molecular formula is C19H20Cl2N2O4S. The lowest BCUT2D eigenvalue weighted by Crippen LogP contribution is -2.38. The van der Waals surface area contributed by atoms with E-state index in [1.54, 1.807) is 32.0 Å². The number of carbonyl (C=O) groups excluding carboxylic acids is 2. The minimum atomic E-state index is -3.34. The van der Waals surface area contributed by atoms with Crippen LogP contribution in [0.3, 0.4) is 0 Å². The van der Waals surface area contributed by atoms with E-state index in [0.29, 0.717) is 15.6 Å². The number of benzene rings is 2. The fourth-order valence-electron chi connectivity index (χ4n) is 2.45. The summed E-state index contributed by atoms with van der Waals surface area (Å²) in [5.41, 5.74) is 0.578. The van der Waals surface area contributed by atoms with Crippen molar-refractivity contribution in [1.29, 1.82) is 0 Å². The Hall–Kier alpha value is -2.09. The molecule has 0 bridgehead atoms. The second-order valence-corrected chi connectivity index (χ2v) is 8.98. The second-order valence-electron chi connectivity index (χ2n) is 5.89. The molecule has 0 heterocycles. The number of anilines is 1. The molecule has 0 aliphatic heterocycles. The SMILES string of the molecule is CCN(CC(=O)Nc1c(Cl)cccc1Cl)C(=O)c1ccc(S(=O)(=O)CC)cc1. The number of likely N-dealkylation sites (N-methyl/N-ethyl adjacent to an activating group) is 1. The van der Waals surface area contributed by atoms with Gasteiger partial charge in [0.2, 0.25) is 5.91 Å². The van der Waals surface area contributed by atoms with Gasteiger partial charge in [-0.1, -0.05) is 36.2 Å². The van der Waals surface area contributed by atoms with Gasteiger partial charge in [-0.05, 0) is 43.3 Å². The largest absolute Gasteiger partial charge is 0.330 e. The van der Waals surface area contributed by atoms with Crippen molar-refractivity contribution in [2.45, 2.75) is 18.7 Å². The standard InChI is InChI=1S/C19H20Cl2N2O4S/c1-3-23(12-17(24)22-18-15(20)6-5-7-16(18)21)19(25)13-8-10-14(11-9-13)28(26,27)4-2/h5-11H,3-4,12H2,1-2H3,(H,22,24). The van der Waals surface area contributed by atoms with Crippen LogP contribution in [0.2, 0.25) is 10.0 Å². The number of sulfone groups is 1. The third-order valence-corrected chi connectivity index (χ3v) is 6.45. The van der Waals surface area contributed by atoms with Gasteiger partial charge < -0.3 is 10.2 Å². The third kappa shape index (κ3) is 5.25. The van der Waals surface area contributed by atoms with E-state index < -0.39 is 15.7 Å². The molecule has 2 aromatic carbocycles. The number of amides is 2. The summed E-state index contributed by atoms with van der Waals surface area (Å²) in [6.07, 6.45) is 0. The first-order valence-electron chi connectivity index (χ1n) is 8.55. The zero-order chi connectivity index (χ0) is 20.9. The van der Waals surface area contributed by atoms with E-state index in [1.807, 2.05) is 0 Å². The highest BCUT2D eigenvalue weighted by Gasteiger charge is 2.20. The van der Waals surface area contributed by atoms with Crippen LogP contribution >= 0.6 is 23.2 Å². The van der Waals surface area contributed by atoms with E-state index >= 15 is 0 Å². The normalized spacial score (nSPS) is 11.1. The van der Waals surface area contributed by atoms with E-state index in [-0.39, 0.29) is 35.3 Å². The van der Waals surface area contributed by atoms with Crippen LogP contribution in [-0.4, -0.2) is 44.0 Å². The zero-order valence-corrected chi connectivity index (χ0v) is 17.7. The number of carbonyl (C=O) groups is 2. The molecule has 6 nitrogen and oxygen atoms in total. The van der Waals surface area contributed by atoms with Crippen LogP contribution in [0, 0.1) is 0 Å². The van der Waals surface area contributed by atoms with Crippen molar-refractivity contribution in [2.24, 2.45) is 0 Å². The number of rotatable bonds is 7. The van der Waals surface area contributed by atoms with Gasteiger partial charge in [0.05, 0.1) is 26.4 Å². The van der Waals surface area contributed by atoms with Crippen molar-refractivity contribution in [3.8, 4) is 0 Å². The van der Waals surface area contributed by atoms with Gasteiger partial charge in [-0.15, -0.1) is 0 Å². The number of hydrogen-bond donors (Lipinski definition) is 1. The highest BCUT2D eigenvalue weighted by atomic mass is 35.5. The number of para-hydroxylation sites is 1. The molecular weight excluding hydrogens is 423 g/mol. The number of hydrogen-bond acceptors (Lipinski definition) is 4. The molecule has 9 heteroatoms. The molecule has 0 aliphatic carbocycles. The maximum absolute atomic E-state index is 12.7. The maximum Gasteiger partial charge on any atom is 0.254 e. The summed E-state index contributed by atoms with van der Waals surface area (Å²) >= 11 is 12.1. The minimum Gasteiger partial charge on any atom is -0.330 e. The molecule has 0 atom stereocenters. The molecule has 0 saturated carbocycles. The van der Waals surface area contributed by atoms with Gasteiger partial charge in [0, 0.05) is 12.1 Å². The van der Waals surface area contributed by atoms with Crippen molar-refractivity contribution in [1.82, 2.24) is 4.90 Å². The lowest BCUT2D eigenvalue weighted by atomic mass is 10.2. The van der Waals surface area contributed by atoms with Crippen LogP contribution in [0.25, 0.3) is 0 Å². The molecule has 0 aliphatic rings. The van der Waals surface area contributed by atoms with Gasteiger partial charge in [0.15, 0.2) is 9.84 Å². The molecule has 1 N–H and O–H groups in total. The number of nitrogens with one attached hydrogen (secondary N) is 1. The van der Waals surface area contributed by atoms with E-state index in [9.17, 15) is 18.0 Å². The molecule has 0 unspecified atom stereocenters. The first kappa shape index (κ1) is 22.2. The number of nitrogens with zero attached hydrogens (tertiary/aromatic N) is 1. The highest BCUT2D eigenvalue weighted by molar-refractivity contribution is 7.91. The fourth-order valence-corrected chi connectivity index (χ4v) is 3.83. The summed E-state index contributed by atoms with van der Waals surface area (Å²) < 4.78 is 23.8. The zero-order valence-electron chi connectivity index (χ0n) is 15.4. The molecule has 0 spiro atoms. The summed E-state index contributed by atoms with van der Waals surface area (Å²) in [7, 11) is -3.34. The first-order valence-corrected chi connectivity index (χ1v) is 11.0. The summed E-state index contributed by atoms with van der Waals surface area (Å²) in [6.45, 7) is 3.38. The minimum absolute atomic E-state index is 0.0217. The predicted octanol–water partition coefficient (Wildman–Crippen LogP) is 3.89. The second kappa shape index (κ2) is 9.41. The quantitative estimate of drug-likeness (QED) is 0.704. The summed E-state index contributed by atoms with van der Waals surface area (Å²) in [4.78, 5) is 26.5. The van der Waals surface area contributed by atoms with Crippen LogP contribution in [0.5, 0.6) is 0 Å². The molecule has 150 valence electrons. The average molecular weight is 443 g/mol. The van der Waals surface area contributed by atoms with E-state index in [0.717, 1.165) is 0 Å². The topological polar surface area (TPSA) is 83.6 Å². The monoisotopic (exact) mass is 442 g/mol. The Labute approximate surface area is 174 Å². The Morgan fingerprint density at radius 1 is 1.00 bits per heavy atom. The maximum atomic E-state index is 12.7. The molecule has 0 saturated heterocycles. The number of halogens is 2. The van der Waals surface area contributed by atoms with Crippen molar-refractivity contribution in [2.75, 3.05) is 24.2 Å².